The zero-order valence-corrected chi connectivity index (χ0v) is 22.4. The van der Waals surface area contributed by atoms with Crippen molar-refractivity contribution in [3.63, 3.8) is 0 Å². The Hall–Kier alpha value is -3.80. The minimum absolute atomic E-state index is 0.000326. The number of aromatic nitrogens is 4. The number of carbonyl (C=O) groups is 1. The Labute approximate surface area is 234 Å². The molecule has 0 aliphatic carbocycles. The van der Waals surface area contributed by atoms with Crippen LogP contribution in [0.5, 0.6) is 5.88 Å². The minimum atomic E-state index is -1.06. The third kappa shape index (κ3) is 5.72. The first-order chi connectivity index (χ1) is 19.4. The summed E-state index contributed by atoms with van der Waals surface area (Å²) in [5.74, 6) is 0.596. The van der Waals surface area contributed by atoms with Gasteiger partial charge in [0.05, 0.1) is 19.2 Å². The highest BCUT2D eigenvalue weighted by Crippen LogP contribution is 2.24. The predicted octanol–water partition coefficient (Wildman–Crippen LogP) is 4.01. The van der Waals surface area contributed by atoms with E-state index < -0.39 is 11.8 Å². The summed E-state index contributed by atoms with van der Waals surface area (Å²) < 4.78 is 27.5. The topological polar surface area (TPSA) is 106 Å². The van der Waals surface area contributed by atoms with Crippen LogP contribution in [0.2, 0.25) is 5.02 Å². The first-order valence-corrected chi connectivity index (χ1v) is 13.5. The zero-order valence-electron chi connectivity index (χ0n) is 21.7. The van der Waals surface area contributed by atoms with Gasteiger partial charge in [0.1, 0.15) is 29.6 Å². The molecule has 2 saturated heterocycles. The van der Waals surface area contributed by atoms with Crippen LogP contribution in [0.4, 0.5) is 10.2 Å². The van der Waals surface area contributed by atoms with E-state index in [1.165, 1.54) is 12.1 Å². The molecule has 10 nitrogen and oxygen atoms in total. The lowest BCUT2D eigenvalue weighted by Gasteiger charge is -2.35. The van der Waals surface area contributed by atoms with Gasteiger partial charge in [-0.3, -0.25) is 4.90 Å². The largest absolute Gasteiger partial charge is 0.477 e. The number of piperazine rings is 1. The number of hydrogen-bond acceptors (Lipinski definition) is 8. The average Bonchev–Trinajstić information content (AvgIpc) is 3.26. The van der Waals surface area contributed by atoms with Crippen LogP contribution >= 0.6 is 11.6 Å². The number of imidazole rings is 1. The molecule has 2 fully saturated rings. The minimum Gasteiger partial charge on any atom is -0.477 e. The molecule has 0 unspecified atom stereocenters. The number of halogens is 2. The highest BCUT2D eigenvalue weighted by atomic mass is 35.5. The molecule has 0 amide bonds. The number of ether oxygens (including phenoxy) is 2. The maximum atomic E-state index is 14.1. The van der Waals surface area contributed by atoms with Gasteiger partial charge >= 0.3 is 5.97 Å². The molecule has 1 aromatic carbocycles. The molecular formula is C28H28ClFN6O4. The van der Waals surface area contributed by atoms with Gasteiger partial charge in [0.25, 0.3) is 0 Å². The second kappa shape index (κ2) is 11.4. The van der Waals surface area contributed by atoms with E-state index >= 15 is 0 Å². The molecule has 4 aromatic rings. The highest BCUT2D eigenvalue weighted by molar-refractivity contribution is 6.30. The number of anilines is 1. The van der Waals surface area contributed by atoms with E-state index in [-0.39, 0.29) is 18.4 Å². The molecule has 5 heterocycles. The number of hydrogen-bond donors (Lipinski definition) is 1. The quantitative estimate of drug-likeness (QED) is 0.322. The van der Waals surface area contributed by atoms with E-state index in [0.717, 1.165) is 50.8 Å². The van der Waals surface area contributed by atoms with E-state index in [2.05, 4.69) is 19.8 Å². The smallest absolute Gasteiger partial charge is 0.354 e. The van der Waals surface area contributed by atoms with Gasteiger partial charge in [0.2, 0.25) is 5.88 Å². The van der Waals surface area contributed by atoms with E-state index in [1.807, 2.05) is 16.7 Å². The van der Waals surface area contributed by atoms with Gasteiger partial charge < -0.3 is 24.0 Å². The summed E-state index contributed by atoms with van der Waals surface area (Å²) in [6.45, 7) is 5.11. The van der Waals surface area contributed by atoms with E-state index in [1.54, 1.807) is 24.3 Å². The van der Waals surface area contributed by atoms with E-state index in [4.69, 9.17) is 26.1 Å². The highest BCUT2D eigenvalue weighted by Gasteiger charge is 2.25. The van der Waals surface area contributed by atoms with Gasteiger partial charge in [-0.1, -0.05) is 23.7 Å². The van der Waals surface area contributed by atoms with Crippen molar-refractivity contribution in [2.24, 2.45) is 0 Å². The fourth-order valence-electron chi connectivity index (χ4n) is 4.90. The van der Waals surface area contributed by atoms with Crippen molar-refractivity contribution in [2.45, 2.75) is 32.2 Å². The summed E-state index contributed by atoms with van der Waals surface area (Å²) in [6.07, 6.45) is 1.04. The van der Waals surface area contributed by atoms with Gasteiger partial charge in [-0.15, -0.1) is 0 Å². The SMILES string of the molecule is O=C(O)c1ccc2nc(CN3CCN(c4cccc(OCc5ccc(Cl)cc5F)n4)CC3)n(C[C@H]3CCO3)c2n1. The maximum absolute atomic E-state index is 14.1. The summed E-state index contributed by atoms with van der Waals surface area (Å²) in [7, 11) is 0. The molecule has 0 radical (unpaired) electrons. The van der Waals surface area contributed by atoms with Crippen molar-refractivity contribution in [3.05, 3.63) is 76.5 Å². The molecule has 208 valence electrons. The van der Waals surface area contributed by atoms with Crippen molar-refractivity contribution in [1.29, 1.82) is 0 Å². The molecule has 2 aliphatic heterocycles. The van der Waals surface area contributed by atoms with Gasteiger partial charge in [0.15, 0.2) is 11.3 Å². The molecule has 0 saturated carbocycles. The molecule has 2 aliphatic rings. The van der Waals surface area contributed by atoms with Crippen LogP contribution in [-0.4, -0.2) is 74.4 Å². The number of benzene rings is 1. The van der Waals surface area contributed by atoms with Crippen LogP contribution in [0.25, 0.3) is 11.2 Å². The standard InChI is InChI=1S/C28H28ClFN6O4/c29-19-5-4-18(21(30)14-19)17-40-26-3-1-2-24(33-26)35-11-9-34(10-12-35)16-25-31-22-6-7-23(28(37)38)32-27(22)36(25)15-20-8-13-39-20/h1-7,14,20H,8-13,15-17H2,(H,37,38)/t20-/m1/s1. The second-order valence-corrected chi connectivity index (χ2v) is 10.3. The summed E-state index contributed by atoms with van der Waals surface area (Å²) in [5.41, 5.74) is 1.66. The van der Waals surface area contributed by atoms with Gasteiger partial charge in [0, 0.05) is 49.4 Å². The average molecular weight is 567 g/mol. The molecule has 0 bridgehead atoms. The molecular weight excluding hydrogens is 539 g/mol. The maximum Gasteiger partial charge on any atom is 0.354 e. The third-order valence-electron chi connectivity index (χ3n) is 7.23. The fraction of sp³-hybridized carbons (Fsp3) is 0.357. The zero-order chi connectivity index (χ0) is 27.6. The number of pyridine rings is 2. The van der Waals surface area contributed by atoms with Crippen LogP contribution in [0.1, 0.15) is 28.3 Å². The number of nitrogens with zero attached hydrogens (tertiary/aromatic N) is 6. The number of fused-ring (bicyclic) bond motifs is 1. The van der Waals surface area contributed by atoms with Crippen molar-refractivity contribution in [3.8, 4) is 5.88 Å². The number of carboxylic acids is 1. The lowest BCUT2D eigenvalue weighted by Crippen LogP contribution is -2.46. The lowest BCUT2D eigenvalue weighted by molar-refractivity contribution is -0.0592. The third-order valence-corrected chi connectivity index (χ3v) is 7.47. The van der Waals surface area contributed by atoms with Crippen molar-refractivity contribution in [2.75, 3.05) is 37.7 Å². The molecule has 40 heavy (non-hydrogen) atoms. The first kappa shape index (κ1) is 26.4. The van der Waals surface area contributed by atoms with E-state index in [0.29, 0.717) is 40.7 Å². The molecule has 1 N–H and O–H groups in total. The predicted molar refractivity (Wildman–Crippen MR) is 146 cm³/mol. The number of rotatable bonds is 9. The Morgan fingerprint density at radius 2 is 1.93 bits per heavy atom. The summed E-state index contributed by atoms with van der Waals surface area (Å²) in [6, 6.07) is 13.3. The first-order valence-electron chi connectivity index (χ1n) is 13.1. The monoisotopic (exact) mass is 566 g/mol. The Balaban J connectivity index is 1.11. The van der Waals surface area contributed by atoms with Crippen LogP contribution in [0.15, 0.2) is 48.5 Å². The normalized spacial score (nSPS) is 17.6. The number of carboxylic acid groups (broad SMARTS) is 1. The van der Waals surface area contributed by atoms with Gasteiger partial charge in [-0.25, -0.2) is 19.2 Å². The fourth-order valence-corrected chi connectivity index (χ4v) is 5.06. The van der Waals surface area contributed by atoms with Crippen LogP contribution in [0, 0.1) is 5.82 Å². The Bertz CT molecular complexity index is 1540. The Morgan fingerprint density at radius 3 is 2.65 bits per heavy atom. The second-order valence-electron chi connectivity index (χ2n) is 9.89. The van der Waals surface area contributed by atoms with Crippen molar-refractivity contribution >= 4 is 34.6 Å². The summed E-state index contributed by atoms with van der Waals surface area (Å²) in [4.78, 5) is 29.8. The summed E-state index contributed by atoms with van der Waals surface area (Å²) >= 11 is 5.83. The van der Waals surface area contributed by atoms with Crippen LogP contribution < -0.4 is 9.64 Å². The molecule has 12 heteroatoms. The molecule has 3 aromatic heterocycles. The number of aromatic carboxylic acids is 1. The van der Waals surface area contributed by atoms with Crippen molar-refractivity contribution < 1.29 is 23.8 Å². The van der Waals surface area contributed by atoms with E-state index in [9.17, 15) is 14.3 Å². The molecule has 1 atom stereocenters. The Kier molecular flexibility index (Phi) is 7.50. The molecule has 6 rings (SSSR count). The van der Waals surface area contributed by atoms with Crippen molar-refractivity contribution in [1.82, 2.24) is 24.4 Å². The van der Waals surface area contributed by atoms with Gasteiger partial charge in [-0.2, -0.15) is 4.98 Å². The summed E-state index contributed by atoms with van der Waals surface area (Å²) in [5, 5.41) is 9.76. The van der Waals surface area contributed by atoms with Crippen LogP contribution in [-0.2, 0) is 24.4 Å². The molecule has 0 spiro atoms. The van der Waals surface area contributed by atoms with Crippen LogP contribution in [0.3, 0.4) is 0 Å². The van der Waals surface area contributed by atoms with Gasteiger partial charge in [-0.05, 0) is 36.8 Å². The Morgan fingerprint density at radius 1 is 1.10 bits per heavy atom. The lowest BCUT2D eigenvalue weighted by atomic mass is 10.2.